The highest BCUT2D eigenvalue weighted by atomic mass is 32.1. The van der Waals surface area contributed by atoms with Crippen molar-refractivity contribution < 1.29 is 14.3 Å². The van der Waals surface area contributed by atoms with E-state index in [0.29, 0.717) is 10.3 Å². The fourth-order valence-electron chi connectivity index (χ4n) is 1.53. The standard InChI is InChI=1S/C9H17NO2.C3H5N3OS/c1-9(2,3)12-8(11)10-6-4-5-7-10;1-7-3-6-5-2(4)8-3/h4-7H2,1-3H3;1H3,(H2,4,5). The number of hydrogen-bond donors (Lipinski definition) is 1. The summed E-state index contributed by atoms with van der Waals surface area (Å²) in [5, 5.41) is 8.00. The van der Waals surface area contributed by atoms with Crippen molar-refractivity contribution in [3.05, 3.63) is 0 Å². The molecule has 1 aliphatic rings. The second kappa shape index (κ2) is 7.28. The molecule has 20 heavy (non-hydrogen) atoms. The molecule has 1 aromatic heterocycles. The molecule has 0 saturated carbocycles. The average molecular weight is 302 g/mol. The predicted molar refractivity (Wildman–Crippen MR) is 77.9 cm³/mol. The normalized spacial score (nSPS) is 14.5. The van der Waals surface area contributed by atoms with Gasteiger partial charge in [0, 0.05) is 13.1 Å². The van der Waals surface area contributed by atoms with Gasteiger partial charge in [0.15, 0.2) is 0 Å². The lowest BCUT2D eigenvalue weighted by Gasteiger charge is -2.23. The van der Waals surface area contributed by atoms with Gasteiger partial charge in [0.25, 0.3) is 5.19 Å². The van der Waals surface area contributed by atoms with Gasteiger partial charge in [-0.3, -0.25) is 0 Å². The quantitative estimate of drug-likeness (QED) is 0.854. The van der Waals surface area contributed by atoms with Crippen LogP contribution in [-0.4, -0.2) is 47.0 Å². The van der Waals surface area contributed by atoms with E-state index in [1.54, 1.807) is 4.90 Å². The molecular formula is C12H22N4O3S. The van der Waals surface area contributed by atoms with E-state index < -0.39 is 0 Å². The Morgan fingerprint density at radius 3 is 2.25 bits per heavy atom. The van der Waals surface area contributed by atoms with E-state index in [9.17, 15) is 4.79 Å². The smallest absolute Gasteiger partial charge is 0.410 e. The number of aromatic nitrogens is 2. The number of nitrogen functional groups attached to an aromatic ring is 1. The molecule has 1 saturated heterocycles. The first-order chi connectivity index (χ1) is 9.31. The summed E-state index contributed by atoms with van der Waals surface area (Å²) in [4.78, 5) is 13.1. The van der Waals surface area contributed by atoms with E-state index >= 15 is 0 Å². The van der Waals surface area contributed by atoms with Crippen molar-refractivity contribution in [2.75, 3.05) is 25.9 Å². The summed E-state index contributed by atoms with van der Waals surface area (Å²) >= 11 is 1.22. The zero-order chi connectivity index (χ0) is 15.2. The Labute approximate surface area is 123 Å². The molecular weight excluding hydrogens is 280 g/mol. The Morgan fingerprint density at radius 2 is 1.90 bits per heavy atom. The molecule has 114 valence electrons. The first-order valence-corrected chi connectivity index (χ1v) is 7.24. The highest BCUT2D eigenvalue weighted by molar-refractivity contribution is 7.16. The summed E-state index contributed by atoms with van der Waals surface area (Å²) < 4.78 is 9.91. The molecule has 0 spiro atoms. The zero-order valence-electron chi connectivity index (χ0n) is 12.4. The summed E-state index contributed by atoms with van der Waals surface area (Å²) in [6, 6.07) is 0. The lowest BCUT2D eigenvalue weighted by atomic mass is 10.2. The maximum Gasteiger partial charge on any atom is 0.410 e. The van der Waals surface area contributed by atoms with Crippen molar-refractivity contribution in [1.82, 2.24) is 15.1 Å². The summed E-state index contributed by atoms with van der Waals surface area (Å²) in [5.74, 6) is 0. The van der Waals surface area contributed by atoms with Crippen LogP contribution in [0.2, 0.25) is 0 Å². The number of carbonyl (C=O) groups is 1. The maximum absolute atomic E-state index is 11.4. The van der Waals surface area contributed by atoms with E-state index in [2.05, 4.69) is 10.2 Å². The maximum atomic E-state index is 11.4. The third-order valence-electron chi connectivity index (χ3n) is 2.35. The predicted octanol–water partition coefficient (Wildman–Crippen LogP) is 2.15. The number of carbonyl (C=O) groups excluding carboxylic acids is 1. The average Bonchev–Trinajstić information content (AvgIpc) is 2.97. The van der Waals surface area contributed by atoms with Crippen molar-refractivity contribution in [2.24, 2.45) is 0 Å². The number of amides is 1. The molecule has 1 aromatic rings. The molecule has 2 N–H and O–H groups in total. The minimum atomic E-state index is -0.361. The van der Waals surface area contributed by atoms with Gasteiger partial charge in [0.05, 0.1) is 7.11 Å². The highest BCUT2D eigenvalue weighted by Crippen LogP contribution is 2.17. The Hall–Kier alpha value is -1.57. The number of ether oxygens (including phenoxy) is 2. The summed E-state index contributed by atoms with van der Waals surface area (Å²) in [6.07, 6.45) is 2.05. The van der Waals surface area contributed by atoms with Gasteiger partial charge in [-0.05, 0) is 44.9 Å². The molecule has 8 heteroatoms. The van der Waals surface area contributed by atoms with Crippen LogP contribution in [0.5, 0.6) is 5.19 Å². The van der Waals surface area contributed by atoms with Gasteiger partial charge in [-0.25, -0.2) is 4.79 Å². The second-order valence-corrected chi connectivity index (χ2v) is 6.26. The topological polar surface area (TPSA) is 90.6 Å². The molecule has 0 bridgehead atoms. The number of hydrogen-bond acceptors (Lipinski definition) is 7. The van der Waals surface area contributed by atoms with Crippen LogP contribution in [0.3, 0.4) is 0 Å². The minimum absolute atomic E-state index is 0.167. The van der Waals surface area contributed by atoms with Crippen molar-refractivity contribution in [3.8, 4) is 5.19 Å². The van der Waals surface area contributed by atoms with Crippen molar-refractivity contribution in [1.29, 1.82) is 0 Å². The van der Waals surface area contributed by atoms with Gasteiger partial charge in [-0.2, -0.15) is 0 Å². The van der Waals surface area contributed by atoms with Crippen molar-refractivity contribution in [2.45, 2.75) is 39.2 Å². The summed E-state index contributed by atoms with van der Waals surface area (Å²) in [7, 11) is 1.53. The van der Waals surface area contributed by atoms with Gasteiger partial charge < -0.3 is 20.1 Å². The number of likely N-dealkylation sites (tertiary alicyclic amines) is 1. The molecule has 0 aromatic carbocycles. The molecule has 0 radical (unpaired) electrons. The van der Waals surface area contributed by atoms with Crippen LogP contribution in [0.1, 0.15) is 33.6 Å². The molecule has 0 aliphatic carbocycles. The summed E-state index contributed by atoms with van der Waals surface area (Å²) in [6.45, 7) is 7.38. The fourth-order valence-corrected chi connectivity index (χ4v) is 1.95. The largest absolute Gasteiger partial charge is 0.472 e. The van der Waals surface area contributed by atoms with Crippen molar-refractivity contribution >= 4 is 22.6 Å². The van der Waals surface area contributed by atoms with Gasteiger partial charge in [-0.15, -0.1) is 5.10 Å². The van der Waals surface area contributed by atoms with Gasteiger partial charge in [0.2, 0.25) is 5.13 Å². The van der Waals surface area contributed by atoms with Crippen LogP contribution in [0.4, 0.5) is 9.93 Å². The van der Waals surface area contributed by atoms with E-state index in [4.69, 9.17) is 15.2 Å². The van der Waals surface area contributed by atoms with E-state index in [1.165, 1.54) is 18.4 Å². The number of anilines is 1. The molecule has 1 aliphatic heterocycles. The van der Waals surface area contributed by atoms with Crippen LogP contribution >= 0.6 is 11.3 Å². The van der Waals surface area contributed by atoms with Gasteiger partial charge in [0.1, 0.15) is 5.60 Å². The molecule has 0 atom stereocenters. The van der Waals surface area contributed by atoms with Crippen molar-refractivity contribution in [3.63, 3.8) is 0 Å². The molecule has 7 nitrogen and oxygen atoms in total. The molecule has 0 unspecified atom stereocenters. The lowest BCUT2D eigenvalue weighted by Crippen LogP contribution is -2.34. The monoisotopic (exact) mass is 302 g/mol. The first-order valence-electron chi connectivity index (χ1n) is 6.42. The number of nitrogens with zero attached hydrogens (tertiary/aromatic N) is 3. The van der Waals surface area contributed by atoms with Gasteiger partial charge >= 0.3 is 6.09 Å². The Morgan fingerprint density at radius 1 is 1.30 bits per heavy atom. The Balaban J connectivity index is 0.000000217. The third kappa shape index (κ3) is 6.05. The molecule has 1 fully saturated rings. The Kier molecular flexibility index (Phi) is 6.00. The molecule has 2 rings (SSSR count). The van der Waals surface area contributed by atoms with Crippen LogP contribution in [0, 0.1) is 0 Å². The van der Waals surface area contributed by atoms with Crippen LogP contribution < -0.4 is 10.5 Å². The third-order valence-corrected chi connectivity index (χ3v) is 3.07. The zero-order valence-corrected chi connectivity index (χ0v) is 13.2. The number of methoxy groups -OCH3 is 1. The minimum Gasteiger partial charge on any atom is -0.472 e. The molecule has 2 heterocycles. The van der Waals surface area contributed by atoms with E-state index in [0.717, 1.165) is 25.9 Å². The SMILES string of the molecule is CC(C)(C)OC(=O)N1CCCC1.COc1nnc(N)s1. The fraction of sp³-hybridized carbons (Fsp3) is 0.750. The van der Waals surface area contributed by atoms with Crippen LogP contribution in [0.15, 0.2) is 0 Å². The van der Waals surface area contributed by atoms with Crippen LogP contribution in [0.25, 0.3) is 0 Å². The highest BCUT2D eigenvalue weighted by Gasteiger charge is 2.23. The summed E-state index contributed by atoms with van der Waals surface area (Å²) in [5.41, 5.74) is 4.86. The first kappa shape index (κ1) is 16.5. The molecule has 1 amide bonds. The second-order valence-electron chi connectivity index (χ2n) is 5.28. The Bertz CT molecular complexity index is 425. The van der Waals surface area contributed by atoms with E-state index in [1.807, 2.05) is 20.8 Å². The van der Waals surface area contributed by atoms with Gasteiger partial charge in [-0.1, -0.05) is 5.10 Å². The van der Waals surface area contributed by atoms with Crippen LogP contribution in [-0.2, 0) is 4.74 Å². The number of nitrogens with two attached hydrogens (primary N) is 1. The number of rotatable bonds is 1. The lowest BCUT2D eigenvalue weighted by molar-refractivity contribution is 0.0295. The van der Waals surface area contributed by atoms with E-state index in [-0.39, 0.29) is 11.7 Å².